The predicted molar refractivity (Wildman–Crippen MR) is 36.9 cm³/mol. The highest BCUT2D eigenvalue weighted by Gasteiger charge is 2.20. The summed E-state index contributed by atoms with van der Waals surface area (Å²) in [6, 6.07) is 0. The van der Waals surface area contributed by atoms with E-state index in [2.05, 4.69) is 4.99 Å². The zero-order valence-corrected chi connectivity index (χ0v) is 5.62. The maximum absolute atomic E-state index is 5.30. The smallest absolute Gasteiger partial charge is 0.205 e. The fraction of sp³-hybridized carbons (Fsp3) is 0.571. The first-order valence-electron chi connectivity index (χ1n) is 3.43. The zero-order chi connectivity index (χ0) is 6.81. The Morgan fingerprint density at radius 2 is 2.50 bits per heavy atom. The molecule has 1 saturated heterocycles. The van der Waals surface area contributed by atoms with Crippen LogP contribution < -0.4 is 0 Å². The molecule has 0 spiro atoms. The van der Waals surface area contributed by atoms with Crippen molar-refractivity contribution < 1.29 is 9.47 Å². The molecule has 1 fully saturated rings. The van der Waals surface area contributed by atoms with Gasteiger partial charge in [-0.25, -0.2) is 0 Å². The van der Waals surface area contributed by atoms with Gasteiger partial charge < -0.3 is 9.47 Å². The van der Waals surface area contributed by atoms with Gasteiger partial charge in [-0.2, -0.15) is 0 Å². The van der Waals surface area contributed by atoms with Crippen LogP contribution in [0.4, 0.5) is 0 Å². The van der Waals surface area contributed by atoms with Gasteiger partial charge >= 0.3 is 0 Å². The quantitative estimate of drug-likeness (QED) is 0.495. The van der Waals surface area contributed by atoms with Crippen molar-refractivity contribution in [3.8, 4) is 0 Å². The van der Waals surface area contributed by atoms with E-state index < -0.39 is 0 Å². The summed E-state index contributed by atoms with van der Waals surface area (Å²) in [6.07, 6.45) is 4.59. The lowest BCUT2D eigenvalue weighted by molar-refractivity contribution is -0.0390. The average molecular weight is 139 g/mol. The Morgan fingerprint density at radius 1 is 1.50 bits per heavy atom. The van der Waals surface area contributed by atoms with Crippen LogP contribution in [0.5, 0.6) is 0 Å². The van der Waals surface area contributed by atoms with E-state index in [0.29, 0.717) is 13.2 Å². The summed E-state index contributed by atoms with van der Waals surface area (Å²) >= 11 is 0. The van der Waals surface area contributed by atoms with E-state index in [4.69, 9.17) is 9.47 Å². The largest absolute Gasteiger partial charge is 0.491 e. The number of aliphatic imine (C=N–C) groups is 1. The highest BCUT2D eigenvalue weighted by Crippen LogP contribution is 2.17. The molecule has 0 bridgehead atoms. The van der Waals surface area contributed by atoms with Crippen LogP contribution in [0.25, 0.3) is 0 Å². The Labute approximate surface area is 59.4 Å². The maximum Gasteiger partial charge on any atom is 0.205 e. The van der Waals surface area contributed by atoms with E-state index in [1.807, 2.05) is 12.3 Å². The molecule has 0 saturated carbocycles. The lowest BCUT2D eigenvalue weighted by atomic mass is 10.3. The second-order valence-corrected chi connectivity index (χ2v) is 2.25. The molecule has 0 aromatic carbocycles. The molecule has 0 aliphatic carbocycles. The minimum Gasteiger partial charge on any atom is -0.491 e. The average Bonchev–Trinajstić information content (AvgIpc) is 2.05. The summed E-state index contributed by atoms with van der Waals surface area (Å²) in [4.78, 5) is 4.11. The SMILES string of the molecule is C1=NC2OCCOC2=CC1. The van der Waals surface area contributed by atoms with Crippen LogP contribution in [-0.2, 0) is 9.47 Å². The summed E-state index contributed by atoms with van der Waals surface area (Å²) in [5.41, 5.74) is 0. The fourth-order valence-corrected chi connectivity index (χ4v) is 1.07. The molecule has 0 radical (unpaired) electrons. The lowest BCUT2D eigenvalue weighted by Gasteiger charge is -2.24. The summed E-state index contributed by atoms with van der Waals surface area (Å²) in [6.45, 7) is 1.32. The number of fused-ring (bicyclic) bond motifs is 1. The fourth-order valence-electron chi connectivity index (χ4n) is 1.07. The molecule has 10 heavy (non-hydrogen) atoms. The minimum absolute atomic E-state index is 0.137. The summed E-state index contributed by atoms with van der Waals surface area (Å²) in [5.74, 6) is 0.883. The number of dihydropyridines is 1. The van der Waals surface area contributed by atoms with Crippen LogP contribution in [0.3, 0.4) is 0 Å². The normalized spacial score (nSPS) is 30.4. The van der Waals surface area contributed by atoms with Crippen molar-refractivity contribution in [2.45, 2.75) is 12.6 Å². The van der Waals surface area contributed by atoms with Crippen LogP contribution in [0, 0.1) is 0 Å². The first-order valence-corrected chi connectivity index (χ1v) is 3.43. The third kappa shape index (κ3) is 0.926. The van der Waals surface area contributed by atoms with E-state index in [9.17, 15) is 0 Å². The molecule has 0 amide bonds. The first kappa shape index (κ1) is 5.92. The topological polar surface area (TPSA) is 30.8 Å². The van der Waals surface area contributed by atoms with Gasteiger partial charge in [-0.05, 0) is 6.08 Å². The Kier molecular flexibility index (Phi) is 1.43. The van der Waals surface area contributed by atoms with Gasteiger partial charge in [0.05, 0.1) is 6.61 Å². The molecule has 1 atom stereocenters. The van der Waals surface area contributed by atoms with E-state index in [1.165, 1.54) is 0 Å². The molecular weight excluding hydrogens is 130 g/mol. The zero-order valence-electron chi connectivity index (χ0n) is 5.62. The van der Waals surface area contributed by atoms with Gasteiger partial charge in [-0.15, -0.1) is 0 Å². The molecule has 1 unspecified atom stereocenters. The van der Waals surface area contributed by atoms with Gasteiger partial charge in [-0.3, -0.25) is 4.99 Å². The monoisotopic (exact) mass is 139 g/mol. The van der Waals surface area contributed by atoms with Crippen LogP contribution in [0.2, 0.25) is 0 Å². The molecule has 2 rings (SSSR count). The van der Waals surface area contributed by atoms with Crippen molar-refractivity contribution in [1.29, 1.82) is 0 Å². The van der Waals surface area contributed by atoms with Gasteiger partial charge in [0, 0.05) is 12.6 Å². The highest BCUT2D eigenvalue weighted by molar-refractivity contribution is 5.61. The third-order valence-corrected chi connectivity index (χ3v) is 1.54. The standard InChI is InChI=1S/C7H9NO2/c1-2-6-7(8-3-1)10-5-4-9-6/h2-3,7H,1,4-5H2. The Morgan fingerprint density at radius 3 is 3.40 bits per heavy atom. The number of hydrogen-bond acceptors (Lipinski definition) is 3. The Hall–Kier alpha value is -0.830. The van der Waals surface area contributed by atoms with Crippen LogP contribution in [-0.4, -0.2) is 25.7 Å². The van der Waals surface area contributed by atoms with Crippen molar-refractivity contribution >= 4 is 6.21 Å². The summed E-state index contributed by atoms with van der Waals surface area (Å²) < 4.78 is 10.6. The third-order valence-electron chi connectivity index (χ3n) is 1.54. The molecule has 2 aliphatic rings. The molecular formula is C7H9NO2. The number of allylic oxidation sites excluding steroid dienone is 1. The first-order chi connectivity index (χ1) is 4.97. The van der Waals surface area contributed by atoms with Gasteiger partial charge in [0.25, 0.3) is 0 Å². The Bertz CT molecular complexity index is 186. The molecule has 54 valence electrons. The van der Waals surface area contributed by atoms with Gasteiger partial charge in [0.1, 0.15) is 12.4 Å². The van der Waals surface area contributed by atoms with E-state index in [-0.39, 0.29) is 6.23 Å². The molecule has 0 aromatic heterocycles. The van der Waals surface area contributed by atoms with E-state index in [0.717, 1.165) is 12.2 Å². The van der Waals surface area contributed by atoms with Crippen molar-refractivity contribution in [1.82, 2.24) is 0 Å². The predicted octanol–water partition coefficient (Wildman–Crippen LogP) is 0.718. The molecule has 3 nitrogen and oxygen atoms in total. The summed E-state index contributed by atoms with van der Waals surface area (Å²) in [5, 5.41) is 0. The minimum atomic E-state index is -0.137. The van der Waals surface area contributed by atoms with Gasteiger partial charge in [0.15, 0.2) is 0 Å². The molecule has 2 heterocycles. The van der Waals surface area contributed by atoms with Crippen molar-refractivity contribution in [3.05, 3.63) is 11.8 Å². The van der Waals surface area contributed by atoms with Crippen LogP contribution >= 0.6 is 0 Å². The number of ether oxygens (including phenoxy) is 2. The second-order valence-electron chi connectivity index (χ2n) is 2.25. The van der Waals surface area contributed by atoms with Crippen molar-refractivity contribution in [2.75, 3.05) is 13.2 Å². The van der Waals surface area contributed by atoms with Crippen molar-refractivity contribution in [3.63, 3.8) is 0 Å². The number of rotatable bonds is 0. The Balaban J connectivity index is 2.13. The molecule has 0 aromatic rings. The van der Waals surface area contributed by atoms with E-state index in [1.54, 1.807) is 0 Å². The number of hydrogen-bond donors (Lipinski definition) is 0. The van der Waals surface area contributed by atoms with E-state index >= 15 is 0 Å². The van der Waals surface area contributed by atoms with Gasteiger partial charge in [-0.1, -0.05) is 0 Å². The van der Waals surface area contributed by atoms with Crippen molar-refractivity contribution in [2.24, 2.45) is 4.99 Å². The van der Waals surface area contributed by atoms with Gasteiger partial charge in [0.2, 0.25) is 6.23 Å². The summed E-state index contributed by atoms with van der Waals surface area (Å²) in [7, 11) is 0. The highest BCUT2D eigenvalue weighted by atomic mass is 16.6. The molecule has 3 heteroatoms. The van der Waals surface area contributed by atoms with Crippen LogP contribution in [0.1, 0.15) is 6.42 Å². The molecule has 0 N–H and O–H groups in total. The second kappa shape index (κ2) is 2.42. The maximum atomic E-state index is 5.30. The van der Waals surface area contributed by atoms with Crippen LogP contribution in [0.15, 0.2) is 16.8 Å². The lowest BCUT2D eigenvalue weighted by Crippen LogP contribution is -2.26. The number of nitrogens with zero attached hydrogens (tertiary/aromatic N) is 1. The molecule has 2 aliphatic heterocycles.